The first-order valence-electron chi connectivity index (χ1n) is 49.1. The molecule has 5 unspecified atom stereocenters. The zero-order valence-corrected chi connectivity index (χ0v) is 79.0. The van der Waals surface area contributed by atoms with Crippen LogP contribution < -0.4 is 0 Å². The van der Waals surface area contributed by atoms with E-state index in [2.05, 4.69) is 167 Å². The van der Waals surface area contributed by atoms with Crippen molar-refractivity contribution < 1.29 is 75.8 Å². The first-order valence-corrected chi connectivity index (χ1v) is 52.1. The van der Waals surface area contributed by atoms with E-state index in [4.69, 9.17) is 32.3 Å². The summed E-state index contributed by atoms with van der Waals surface area (Å²) in [4.78, 5) is 59.1. The minimum absolute atomic E-state index is 0.0892. The number of carbonyl (C=O) groups excluding carboxylic acids is 3. The molecule has 698 valence electrons. The maximum atomic E-state index is 13.1. The molecule has 0 aliphatic rings. The lowest BCUT2D eigenvalue weighted by Gasteiger charge is -2.21. The lowest BCUT2D eigenvalue weighted by Crippen LogP contribution is -2.30. The Bertz CT molecular complexity index is 2780. The van der Waals surface area contributed by atoms with Gasteiger partial charge in [-0.3, -0.25) is 32.5 Å². The summed E-state index contributed by atoms with van der Waals surface area (Å²) in [6.07, 6.45) is 121. The maximum Gasteiger partial charge on any atom is 0.472 e. The molecule has 0 aromatic heterocycles. The van der Waals surface area contributed by atoms with Crippen molar-refractivity contribution in [2.45, 2.75) is 450 Å². The van der Waals surface area contributed by atoms with Crippen LogP contribution in [0.5, 0.6) is 0 Å². The topological polar surface area (TPSA) is 231 Å². The van der Waals surface area contributed by atoms with Gasteiger partial charge in [0.2, 0.25) is 0 Å². The summed E-state index contributed by atoms with van der Waals surface area (Å²) in [5.74, 6) is -1.57. The summed E-state index contributed by atoms with van der Waals surface area (Å²) >= 11 is 0. The van der Waals surface area contributed by atoms with Crippen LogP contribution in [-0.4, -0.2) is 95.9 Å². The van der Waals surface area contributed by atoms with Gasteiger partial charge in [0.15, 0.2) is 6.10 Å². The van der Waals surface area contributed by atoms with Crippen molar-refractivity contribution in [1.82, 2.24) is 0 Å². The van der Waals surface area contributed by atoms with Gasteiger partial charge < -0.3 is 34.2 Å². The number of unbranched alkanes of at least 4 members (excludes halogenated alkanes) is 46. The Hall–Kier alpha value is -4.57. The predicted molar refractivity (Wildman–Crippen MR) is 509 cm³/mol. The molecule has 0 saturated heterocycles. The van der Waals surface area contributed by atoms with Crippen LogP contribution in [0.4, 0.5) is 0 Å². The van der Waals surface area contributed by atoms with Crippen LogP contribution >= 0.6 is 15.6 Å². The van der Waals surface area contributed by atoms with E-state index in [0.29, 0.717) is 19.3 Å². The highest BCUT2D eigenvalue weighted by Gasteiger charge is 2.30. The molecular weight excluding hydrogens is 1560 g/mol. The van der Waals surface area contributed by atoms with Gasteiger partial charge in [-0.2, -0.15) is 0 Å². The lowest BCUT2D eigenvalue weighted by atomic mass is 10.0. The number of phosphoric acid groups is 2. The minimum atomic E-state index is -4.95. The van der Waals surface area contributed by atoms with Crippen molar-refractivity contribution in [1.29, 1.82) is 0 Å². The zero-order chi connectivity index (χ0) is 87.9. The Morgan fingerprint density at radius 1 is 0.240 bits per heavy atom. The second kappa shape index (κ2) is 94.6. The smallest absolute Gasteiger partial charge is 0.463 e. The van der Waals surface area contributed by atoms with Gasteiger partial charge in [-0.1, -0.05) is 411 Å². The average molecular weight is 1740 g/mol. The number of hydrogen-bond acceptors (Lipinski definition) is 14. The average Bonchev–Trinajstić information content (AvgIpc) is 0.900. The van der Waals surface area contributed by atoms with Crippen molar-refractivity contribution >= 4 is 33.6 Å². The lowest BCUT2D eigenvalue weighted by molar-refractivity contribution is -0.161. The molecule has 5 atom stereocenters. The quantitative estimate of drug-likeness (QED) is 0.0146. The highest BCUT2D eigenvalue weighted by atomic mass is 31.2. The SMILES string of the molecule is CC/C=C\C/C=C\C/C=C\C/C=C\C/C=C\CCCCCCCCCCCCCCCCCC(=O)OCC(COP(=O)(O)OCC(O)COP(=O)(O)OCC(O)COC(=O)CCCCCCCCCCCCCCCCCCCCC/C=C\C/C=C\C/C=C\C/C=C\CCCCC)OC(=O)CCCCCCCC/C=C\C/C=C\C/C=C\CCCCC. The second-order valence-electron chi connectivity index (χ2n) is 32.8. The van der Waals surface area contributed by atoms with Crippen molar-refractivity contribution in [2.24, 2.45) is 0 Å². The van der Waals surface area contributed by atoms with E-state index in [1.165, 1.54) is 225 Å². The largest absolute Gasteiger partial charge is 0.472 e. The fraction of sp³-hybridized carbons (Fsp3) is 0.738. The molecule has 0 aliphatic heterocycles. The predicted octanol–water partition coefficient (Wildman–Crippen LogP) is 30.7. The van der Waals surface area contributed by atoms with Gasteiger partial charge in [-0.25, -0.2) is 9.13 Å². The molecule has 0 aromatic rings. The van der Waals surface area contributed by atoms with E-state index in [1.54, 1.807) is 0 Å². The minimum Gasteiger partial charge on any atom is -0.463 e. The van der Waals surface area contributed by atoms with Gasteiger partial charge >= 0.3 is 33.6 Å². The molecule has 121 heavy (non-hydrogen) atoms. The summed E-state index contributed by atoms with van der Waals surface area (Å²) in [5, 5.41) is 20.8. The van der Waals surface area contributed by atoms with Gasteiger partial charge in [0.25, 0.3) is 0 Å². The molecule has 0 radical (unpaired) electrons. The van der Waals surface area contributed by atoms with Gasteiger partial charge in [0.05, 0.1) is 26.4 Å². The number of esters is 3. The fourth-order valence-electron chi connectivity index (χ4n) is 13.6. The molecule has 16 nitrogen and oxygen atoms in total. The van der Waals surface area contributed by atoms with E-state index in [9.17, 15) is 43.5 Å². The van der Waals surface area contributed by atoms with Gasteiger partial charge in [-0.15, -0.1) is 0 Å². The number of rotatable bonds is 93. The van der Waals surface area contributed by atoms with Crippen LogP contribution in [0, 0.1) is 0 Å². The van der Waals surface area contributed by atoms with Crippen molar-refractivity contribution in [3.8, 4) is 0 Å². The number of hydrogen-bond donors (Lipinski definition) is 4. The fourth-order valence-corrected chi connectivity index (χ4v) is 15.2. The van der Waals surface area contributed by atoms with Gasteiger partial charge in [-0.05, 0) is 148 Å². The Kier molecular flexibility index (Phi) is 91.0. The van der Waals surface area contributed by atoms with E-state index in [0.717, 1.165) is 148 Å². The third kappa shape index (κ3) is 95.9. The molecular formula is C103H180O16P2. The molecule has 0 heterocycles. The molecule has 0 rings (SSSR count). The first-order chi connectivity index (χ1) is 59.2. The molecule has 0 aliphatic carbocycles. The van der Waals surface area contributed by atoms with Crippen molar-refractivity contribution in [2.75, 3.05) is 39.6 Å². The summed E-state index contributed by atoms with van der Waals surface area (Å²) in [6.45, 7) is 2.57. The molecule has 0 spiro atoms. The summed E-state index contributed by atoms with van der Waals surface area (Å²) < 4.78 is 61.6. The molecule has 4 N–H and O–H groups in total. The summed E-state index contributed by atoms with van der Waals surface area (Å²) in [6, 6.07) is 0. The Labute approximate surface area is 740 Å². The highest BCUT2D eigenvalue weighted by Crippen LogP contribution is 2.45. The van der Waals surface area contributed by atoms with Crippen LogP contribution in [-0.2, 0) is 55.8 Å². The molecule has 18 heteroatoms. The molecule has 0 saturated carbocycles. The highest BCUT2D eigenvalue weighted by molar-refractivity contribution is 7.47. The maximum absolute atomic E-state index is 13.1. The van der Waals surface area contributed by atoms with Crippen LogP contribution in [0.2, 0.25) is 0 Å². The van der Waals surface area contributed by atoms with Crippen LogP contribution in [0.15, 0.2) is 146 Å². The van der Waals surface area contributed by atoms with Crippen molar-refractivity contribution in [3.63, 3.8) is 0 Å². The van der Waals surface area contributed by atoms with Crippen LogP contribution in [0.3, 0.4) is 0 Å². The monoisotopic (exact) mass is 1740 g/mol. The number of carbonyl (C=O) groups is 3. The summed E-state index contributed by atoms with van der Waals surface area (Å²) in [7, 11) is -9.81. The Morgan fingerprint density at radius 2 is 0.438 bits per heavy atom. The molecule has 0 aromatic carbocycles. The molecule has 0 amide bonds. The standard InChI is InChI=1S/C103H180O16P2/c1-4-7-10-13-16-19-22-25-28-31-34-36-38-40-42-44-46-47-48-49-51-53-54-56-58-60-63-65-68-71-74-77-80-83-86-89-101(106)113-92-98(104)93-115-120(109,110)116-94-99(105)95-117-121(111,112)118-97-100(119-103(108)91-88-85-82-79-76-73-70-67-62-33-30-27-24-21-18-15-12-9-6-3)96-114-102(107)90-87-84-81-78-75-72-69-66-64-61-59-57-55-52-50-45-43-41-39-37-35-32-29-26-23-20-17-14-11-8-5-2/h8,11,16-21,25-30,34-37,40-43,62,67,98-100,104-105H,4-7,9-10,12-15,22-24,31-33,38-39,44-61,63-66,68-97H2,1-3H3,(H,109,110)(H,111,112)/b11-8-,19-16-,20-17-,21-18-,28-25-,29-26-,30-27-,36-34-,37-35-,42-40-,43-41-,67-62-. The number of aliphatic hydroxyl groups is 2. The van der Waals surface area contributed by atoms with Crippen LogP contribution in [0.25, 0.3) is 0 Å². The van der Waals surface area contributed by atoms with E-state index < -0.39 is 91.5 Å². The third-order valence-electron chi connectivity index (χ3n) is 21.0. The van der Waals surface area contributed by atoms with E-state index in [-0.39, 0.29) is 19.3 Å². The first kappa shape index (κ1) is 116. The number of ether oxygens (including phenoxy) is 3. The number of aliphatic hydroxyl groups excluding tert-OH is 2. The Balaban J connectivity index is 4.49. The van der Waals surface area contributed by atoms with Crippen molar-refractivity contribution in [3.05, 3.63) is 146 Å². The zero-order valence-electron chi connectivity index (χ0n) is 77.2. The Morgan fingerprint density at radius 3 is 0.694 bits per heavy atom. The van der Waals surface area contributed by atoms with Crippen LogP contribution in [0.1, 0.15) is 432 Å². The van der Waals surface area contributed by atoms with E-state index >= 15 is 0 Å². The summed E-state index contributed by atoms with van der Waals surface area (Å²) in [5.41, 5.74) is 0. The second-order valence-corrected chi connectivity index (χ2v) is 35.7. The van der Waals surface area contributed by atoms with Gasteiger partial charge in [0.1, 0.15) is 25.4 Å². The van der Waals surface area contributed by atoms with Gasteiger partial charge in [0, 0.05) is 19.3 Å². The van der Waals surface area contributed by atoms with E-state index in [1.807, 2.05) is 0 Å². The normalized spacial score (nSPS) is 14.3. The molecule has 0 fully saturated rings. The number of phosphoric ester groups is 2. The molecule has 0 bridgehead atoms. The third-order valence-corrected chi connectivity index (χ3v) is 22.9. The number of allylic oxidation sites excluding steroid dienone is 24.